The quantitative estimate of drug-likeness (QED) is 0.489. The van der Waals surface area contributed by atoms with Crippen LogP contribution in [-0.4, -0.2) is 37.5 Å². The van der Waals surface area contributed by atoms with E-state index < -0.39 is 23.3 Å². The molecular weight excluding hydrogens is 216 g/mol. The predicted molar refractivity (Wildman–Crippen MR) is 45.0 cm³/mol. The Hall–Kier alpha value is -1.25. The first kappa shape index (κ1) is 15.2. The van der Waals surface area contributed by atoms with Crippen molar-refractivity contribution in [2.24, 2.45) is 0 Å². The molecule has 0 aromatic heterocycles. The fourth-order valence-electron chi connectivity index (χ4n) is 0.239. The molecule has 0 radical (unpaired) electrons. The molecule has 0 aliphatic heterocycles. The van der Waals surface area contributed by atoms with Gasteiger partial charge in [-0.05, 0) is 6.92 Å². The van der Waals surface area contributed by atoms with Gasteiger partial charge in [0.15, 0.2) is 0 Å². The van der Waals surface area contributed by atoms with Crippen molar-refractivity contribution in [2.75, 3.05) is 6.61 Å². The first-order valence-corrected chi connectivity index (χ1v) is 4.26. The molecule has 0 aromatic carbocycles. The van der Waals surface area contributed by atoms with E-state index >= 15 is 0 Å². The summed E-state index contributed by atoms with van der Waals surface area (Å²) < 4.78 is 22.7. The number of hydrogen-bond acceptors (Lipinski definition) is 5. The molecule has 7 nitrogen and oxygen atoms in total. The second-order valence-electron chi connectivity index (χ2n) is 1.62. The molecule has 82 valence electrons. The molecule has 0 rings (SSSR count). The molecule has 0 saturated heterocycles. The van der Waals surface area contributed by atoms with Gasteiger partial charge in [-0.1, -0.05) is 0 Å². The van der Waals surface area contributed by atoms with E-state index in [2.05, 4.69) is 4.18 Å². The van der Waals surface area contributed by atoms with Crippen LogP contribution in [0.1, 0.15) is 6.92 Å². The van der Waals surface area contributed by atoms with Crippen LogP contribution in [0.2, 0.25) is 0 Å². The van der Waals surface area contributed by atoms with E-state index in [1.165, 1.54) is 0 Å². The van der Waals surface area contributed by atoms with E-state index in [9.17, 15) is 18.4 Å². The van der Waals surface area contributed by atoms with Crippen molar-refractivity contribution in [3.63, 3.8) is 0 Å². The van der Waals surface area contributed by atoms with Gasteiger partial charge in [-0.15, -0.1) is 0 Å². The van der Waals surface area contributed by atoms with Crippen molar-refractivity contribution in [2.45, 2.75) is 6.92 Å². The Kier molecular flexibility index (Phi) is 10.7. The molecule has 0 heterocycles. The highest BCUT2D eigenvalue weighted by atomic mass is 32.2. The highest BCUT2D eigenvalue weighted by Crippen LogP contribution is 1.72. The lowest BCUT2D eigenvalue weighted by Gasteiger charge is -1.98. The van der Waals surface area contributed by atoms with Crippen LogP contribution >= 0.6 is 0 Å². The van der Waals surface area contributed by atoms with Crippen LogP contribution in [0.25, 0.3) is 0 Å². The average molecular weight is 225 g/mol. The molecule has 0 amide bonds. The van der Waals surface area contributed by atoms with E-state index in [1.54, 1.807) is 6.92 Å². The predicted octanol–water partition coefficient (Wildman–Crippen LogP) is -0.471. The standard InChI is InChI=1S/C4H4O4.C2H6O3S/c5-3(6)1-2-4(7)8;1-2-5-6(3)4/h1-2H,(H,5,6)(H,7,8);2H2,1H3,(H,3,4)/p-1/b2-1-;. The summed E-state index contributed by atoms with van der Waals surface area (Å²) in [6.45, 7) is 1.83. The second kappa shape index (κ2) is 9.84. The summed E-state index contributed by atoms with van der Waals surface area (Å²) in [6.07, 6.45) is 1.12. The van der Waals surface area contributed by atoms with E-state index in [0.29, 0.717) is 12.2 Å². The Balaban J connectivity index is 0. The zero-order chi connectivity index (χ0) is 11.6. The van der Waals surface area contributed by atoms with Crippen LogP contribution in [0.4, 0.5) is 0 Å². The Morgan fingerprint density at radius 2 is 1.71 bits per heavy atom. The number of rotatable bonds is 4. The maximum absolute atomic E-state index is 9.55. The van der Waals surface area contributed by atoms with Gasteiger partial charge in [-0.2, -0.15) is 0 Å². The van der Waals surface area contributed by atoms with Crippen LogP contribution < -0.4 is 0 Å². The van der Waals surface area contributed by atoms with Crippen molar-refractivity contribution >= 4 is 23.3 Å². The molecule has 2 N–H and O–H groups in total. The molecule has 1 atom stereocenters. The zero-order valence-electron chi connectivity index (χ0n) is 7.21. The molecule has 0 aliphatic carbocycles. The Morgan fingerprint density at radius 1 is 1.36 bits per heavy atom. The maximum atomic E-state index is 9.55. The third-order valence-corrected chi connectivity index (χ3v) is 1.01. The second-order valence-corrected chi connectivity index (χ2v) is 2.26. The van der Waals surface area contributed by atoms with Crippen molar-refractivity contribution in [3.05, 3.63) is 12.2 Å². The van der Waals surface area contributed by atoms with Gasteiger partial charge in [-0.25, -0.2) is 13.8 Å². The van der Waals surface area contributed by atoms with Crippen molar-refractivity contribution in [3.8, 4) is 0 Å². The molecular formula is C6H9O7S-. The van der Waals surface area contributed by atoms with Gasteiger partial charge in [0, 0.05) is 12.2 Å². The van der Waals surface area contributed by atoms with Crippen LogP contribution in [-0.2, 0) is 25.1 Å². The molecule has 0 fully saturated rings. The third kappa shape index (κ3) is 22.4. The van der Waals surface area contributed by atoms with Crippen molar-refractivity contribution < 1.29 is 32.7 Å². The molecule has 0 spiro atoms. The SMILES string of the molecule is CCOS(=O)[O-].O=C(O)/C=C\C(=O)O. The van der Waals surface area contributed by atoms with Crippen LogP contribution in [0.15, 0.2) is 12.2 Å². The zero-order valence-corrected chi connectivity index (χ0v) is 8.02. The molecule has 1 unspecified atom stereocenters. The number of carboxylic acids is 2. The number of hydrogen-bond donors (Lipinski definition) is 2. The molecule has 0 aliphatic rings. The van der Waals surface area contributed by atoms with Gasteiger partial charge in [-0.3, -0.25) is 0 Å². The third-order valence-electron chi connectivity index (χ3n) is 0.583. The summed E-state index contributed by atoms with van der Waals surface area (Å²) >= 11 is -2.32. The monoisotopic (exact) mass is 225 g/mol. The van der Waals surface area contributed by atoms with E-state index in [-0.39, 0.29) is 6.61 Å². The van der Waals surface area contributed by atoms with Gasteiger partial charge < -0.3 is 18.9 Å². The average Bonchev–Trinajstić information content (AvgIpc) is 2.01. The van der Waals surface area contributed by atoms with Gasteiger partial charge in [0.2, 0.25) is 0 Å². The topological polar surface area (TPSA) is 124 Å². The molecule has 14 heavy (non-hydrogen) atoms. The minimum atomic E-state index is -2.32. The van der Waals surface area contributed by atoms with Gasteiger partial charge in [0.1, 0.15) is 0 Å². The lowest BCUT2D eigenvalue weighted by molar-refractivity contribution is -0.134. The van der Waals surface area contributed by atoms with E-state index in [1.807, 2.05) is 0 Å². The summed E-state index contributed by atoms with van der Waals surface area (Å²) in [5.74, 6) is -2.51. The summed E-state index contributed by atoms with van der Waals surface area (Å²) in [4.78, 5) is 19.1. The highest BCUT2D eigenvalue weighted by molar-refractivity contribution is 7.74. The first-order chi connectivity index (χ1) is 6.40. The Labute approximate surface area is 82.5 Å². The lowest BCUT2D eigenvalue weighted by Crippen LogP contribution is -1.92. The van der Waals surface area contributed by atoms with Crippen LogP contribution in [0.3, 0.4) is 0 Å². The largest absolute Gasteiger partial charge is 0.750 e. The molecule has 0 saturated carbocycles. The number of carbonyl (C=O) groups is 2. The number of aliphatic carboxylic acids is 2. The molecule has 0 bridgehead atoms. The molecule has 8 heteroatoms. The fraction of sp³-hybridized carbons (Fsp3) is 0.333. The number of carboxylic acid groups (broad SMARTS) is 2. The van der Waals surface area contributed by atoms with Gasteiger partial charge >= 0.3 is 11.9 Å². The fourth-order valence-corrected chi connectivity index (χ4v) is 0.431. The van der Waals surface area contributed by atoms with Crippen LogP contribution in [0.5, 0.6) is 0 Å². The first-order valence-electron chi connectivity index (χ1n) is 3.26. The summed E-state index contributed by atoms with van der Waals surface area (Å²) in [7, 11) is 0. The minimum Gasteiger partial charge on any atom is -0.750 e. The van der Waals surface area contributed by atoms with Crippen molar-refractivity contribution in [1.29, 1.82) is 0 Å². The summed E-state index contributed by atoms with van der Waals surface area (Å²) in [5, 5.41) is 15.6. The maximum Gasteiger partial charge on any atom is 0.328 e. The van der Waals surface area contributed by atoms with Crippen LogP contribution in [0, 0.1) is 0 Å². The van der Waals surface area contributed by atoms with E-state index in [0.717, 1.165) is 0 Å². The molecule has 0 aromatic rings. The Bertz CT molecular complexity index is 218. The van der Waals surface area contributed by atoms with Crippen molar-refractivity contribution in [1.82, 2.24) is 0 Å². The normalized spacial score (nSPS) is 11.6. The van der Waals surface area contributed by atoms with Gasteiger partial charge in [0.05, 0.1) is 18.0 Å². The smallest absolute Gasteiger partial charge is 0.328 e. The minimum absolute atomic E-state index is 0.218. The highest BCUT2D eigenvalue weighted by Gasteiger charge is 1.88. The summed E-state index contributed by atoms with van der Waals surface area (Å²) in [5.41, 5.74) is 0. The lowest BCUT2D eigenvalue weighted by atomic mass is 10.5. The van der Waals surface area contributed by atoms with E-state index in [4.69, 9.17) is 10.2 Å². The Morgan fingerprint density at radius 3 is 1.79 bits per heavy atom. The van der Waals surface area contributed by atoms with Gasteiger partial charge in [0.25, 0.3) is 0 Å². The summed E-state index contributed by atoms with van der Waals surface area (Å²) in [6, 6.07) is 0.